The van der Waals surface area contributed by atoms with Gasteiger partial charge in [-0.3, -0.25) is 20.1 Å². The van der Waals surface area contributed by atoms with E-state index in [2.05, 4.69) is 18.3 Å². The second-order valence-corrected chi connectivity index (χ2v) is 7.01. The molecule has 1 aromatic rings. The Labute approximate surface area is 142 Å². The highest BCUT2D eigenvalue weighted by Gasteiger charge is 2.20. The van der Waals surface area contributed by atoms with Crippen LogP contribution in [-0.4, -0.2) is 31.1 Å². The smallest absolute Gasteiger partial charge is 0.261 e. The molecule has 0 aliphatic heterocycles. The van der Waals surface area contributed by atoms with E-state index in [9.17, 15) is 13.2 Å². The minimum Gasteiger partial charge on any atom is -0.370 e. The van der Waals surface area contributed by atoms with Crippen molar-refractivity contribution in [2.45, 2.75) is 32.1 Å². The summed E-state index contributed by atoms with van der Waals surface area (Å²) in [4.78, 5) is 12.0. The lowest BCUT2D eigenvalue weighted by molar-refractivity contribution is -0.116. The lowest BCUT2D eigenvalue weighted by atomic mass is 9.90. The van der Waals surface area contributed by atoms with Crippen molar-refractivity contribution in [2.24, 2.45) is 5.73 Å². The zero-order valence-electron chi connectivity index (χ0n) is 13.7. The molecule has 2 rings (SSSR count). The number of carbonyl (C=O) groups excluding carboxylic acids is 1. The van der Waals surface area contributed by atoms with Crippen LogP contribution in [0.2, 0.25) is 0 Å². The van der Waals surface area contributed by atoms with Gasteiger partial charge in [-0.2, -0.15) is 8.42 Å². The summed E-state index contributed by atoms with van der Waals surface area (Å²) in [6, 6.07) is 8.18. The predicted octanol–water partition coefficient (Wildman–Crippen LogP) is 1.87. The third-order valence-electron chi connectivity index (χ3n) is 3.56. The van der Waals surface area contributed by atoms with Crippen LogP contribution in [0.15, 0.2) is 29.8 Å². The maximum atomic E-state index is 12.0. The predicted molar refractivity (Wildman–Crippen MR) is 94.2 cm³/mol. The van der Waals surface area contributed by atoms with Crippen molar-refractivity contribution in [1.82, 2.24) is 5.32 Å². The summed E-state index contributed by atoms with van der Waals surface area (Å²) >= 11 is 0. The SMILES string of the molecule is CCC1CCC(C(=O)NC(=N)N)=Cc2ccccc21.CS(=O)(=O)O. The zero-order chi connectivity index (χ0) is 18.3. The number of hydrogen-bond donors (Lipinski definition) is 4. The van der Waals surface area contributed by atoms with Gasteiger partial charge in [-0.1, -0.05) is 31.2 Å². The van der Waals surface area contributed by atoms with Gasteiger partial charge in [0.2, 0.25) is 0 Å². The third kappa shape index (κ3) is 6.93. The molecule has 5 N–H and O–H groups in total. The Morgan fingerprint density at radius 3 is 2.54 bits per heavy atom. The lowest BCUT2D eigenvalue weighted by Gasteiger charge is -2.14. The summed E-state index contributed by atoms with van der Waals surface area (Å²) in [6.07, 6.45) is 5.36. The Bertz CT molecular complexity index is 733. The number of benzene rings is 1. The van der Waals surface area contributed by atoms with Crippen molar-refractivity contribution in [1.29, 1.82) is 5.41 Å². The standard InChI is InChI=1S/C15H19N3O.CH4O3S/c1-2-10-7-8-12(14(19)18-15(16)17)9-11-5-3-4-6-13(10)11;1-5(2,3)4/h3-6,9-10H,2,7-8H2,1H3,(H4,16,17,18,19);1H3,(H,2,3,4). The van der Waals surface area contributed by atoms with Crippen LogP contribution in [0.3, 0.4) is 0 Å². The number of nitrogens with two attached hydrogens (primary N) is 1. The van der Waals surface area contributed by atoms with E-state index >= 15 is 0 Å². The molecule has 24 heavy (non-hydrogen) atoms. The van der Waals surface area contributed by atoms with Crippen LogP contribution in [0.1, 0.15) is 43.2 Å². The molecule has 1 aliphatic carbocycles. The molecule has 0 aromatic heterocycles. The second kappa shape index (κ2) is 8.60. The molecule has 0 bridgehead atoms. The number of nitrogens with one attached hydrogen (secondary N) is 2. The van der Waals surface area contributed by atoms with Gasteiger partial charge in [-0.15, -0.1) is 0 Å². The Hall–Kier alpha value is -2.19. The first-order valence-electron chi connectivity index (χ1n) is 7.49. The molecule has 7 nitrogen and oxygen atoms in total. The first-order valence-corrected chi connectivity index (χ1v) is 9.34. The van der Waals surface area contributed by atoms with Gasteiger partial charge in [-0.05, 0) is 42.4 Å². The third-order valence-corrected chi connectivity index (χ3v) is 3.56. The molecule has 0 radical (unpaired) electrons. The average molecular weight is 353 g/mol. The van der Waals surface area contributed by atoms with Gasteiger partial charge in [0, 0.05) is 5.57 Å². The molecule has 1 amide bonds. The molecule has 0 saturated heterocycles. The second-order valence-electron chi connectivity index (χ2n) is 5.54. The first-order chi connectivity index (χ1) is 11.1. The molecule has 1 atom stereocenters. The monoisotopic (exact) mass is 353 g/mol. The minimum absolute atomic E-state index is 0.265. The van der Waals surface area contributed by atoms with E-state index in [1.807, 2.05) is 24.3 Å². The Balaban J connectivity index is 0.000000505. The zero-order valence-corrected chi connectivity index (χ0v) is 14.6. The van der Waals surface area contributed by atoms with Gasteiger partial charge in [0.05, 0.1) is 6.26 Å². The average Bonchev–Trinajstić information content (AvgIpc) is 2.64. The largest absolute Gasteiger partial charge is 0.370 e. The summed E-state index contributed by atoms with van der Waals surface area (Å²) in [5.41, 5.74) is 8.30. The van der Waals surface area contributed by atoms with E-state index < -0.39 is 10.1 Å². The molecule has 0 saturated carbocycles. The molecule has 8 heteroatoms. The van der Waals surface area contributed by atoms with Crippen LogP contribution in [0.5, 0.6) is 0 Å². The van der Waals surface area contributed by atoms with Crippen LogP contribution in [0.4, 0.5) is 0 Å². The highest BCUT2D eigenvalue weighted by Crippen LogP contribution is 2.33. The van der Waals surface area contributed by atoms with E-state index in [0.717, 1.165) is 18.4 Å². The Kier molecular flexibility index (Phi) is 7.12. The molecule has 132 valence electrons. The van der Waals surface area contributed by atoms with Crippen LogP contribution in [-0.2, 0) is 14.9 Å². The van der Waals surface area contributed by atoms with Crippen molar-refractivity contribution >= 4 is 28.1 Å². The molecule has 0 heterocycles. The summed E-state index contributed by atoms with van der Waals surface area (Å²) < 4.78 is 25.9. The fraction of sp³-hybridized carbons (Fsp3) is 0.375. The number of carbonyl (C=O) groups is 1. The highest BCUT2D eigenvalue weighted by atomic mass is 32.2. The van der Waals surface area contributed by atoms with Gasteiger partial charge in [-0.25, -0.2) is 0 Å². The van der Waals surface area contributed by atoms with Crippen LogP contribution < -0.4 is 11.1 Å². The van der Waals surface area contributed by atoms with E-state index in [-0.39, 0.29) is 11.9 Å². The molecule has 1 aromatic carbocycles. The van der Waals surface area contributed by atoms with Crippen LogP contribution in [0.25, 0.3) is 6.08 Å². The summed E-state index contributed by atoms with van der Waals surface area (Å²) in [6.45, 7) is 2.17. The van der Waals surface area contributed by atoms with Gasteiger partial charge in [0.25, 0.3) is 16.0 Å². The molecule has 0 fully saturated rings. The molecule has 1 unspecified atom stereocenters. The quantitative estimate of drug-likeness (QED) is 0.366. The topological polar surface area (TPSA) is 133 Å². The summed E-state index contributed by atoms with van der Waals surface area (Å²) in [5, 5.41) is 9.50. The molecular formula is C16H23N3O4S. The van der Waals surface area contributed by atoms with Gasteiger partial charge in [0.1, 0.15) is 0 Å². The highest BCUT2D eigenvalue weighted by molar-refractivity contribution is 7.85. The number of rotatable bonds is 2. The number of fused-ring (bicyclic) bond motifs is 1. The van der Waals surface area contributed by atoms with E-state index in [1.54, 1.807) is 0 Å². The first kappa shape index (κ1) is 19.9. The normalized spacial score (nSPS) is 16.6. The van der Waals surface area contributed by atoms with Gasteiger partial charge >= 0.3 is 0 Å². The van der Waals surface area contributed by atoms with E-state index in [4.69, 9.17) is 15.7 Å². The molecular weight excluding hydrogens is 330 g/mol. The molecule has 0 spiro atoms. The van der Waals surface area contributed by atoms with Crippen molar-refractivity contribution in [3.63, 3.8) is 0 Å². The Morgan fingerprint density at radius 1 is 1.42 bits per heavy atom. The fourth-order valence-corrected chi connectivity index (χ4v) is 2.56. The van der Waals surface area contributed by atoms with Gasteiger partial charge < -0.3 is 5.73 Å². The fourth-order valence-electron chi connectivity index (χ4n) is 2.56. The number of hydrogen-bond acceptors (Lipinski definition) is 4. The van der Waals surface area contributed by atoms with Crippen molar-refractivity contribution in [2.75, 3.05) is 6.26 Å². The summed E-state index contributed by atoms with van der Waals surface area (Å²) in [5.74, 6) is -0.0930. The van der Waals surface area contributed by atoms with Crippen LogP contribution in [0, 0.1) is 5.41 Å². The minimum atomic E-state index is -3.67. The maximum Gasteiger partial charge on any atom is 0.261 e. The number of amides is 1. The van der Waals surface area contributed by atoms with E-state index in [0.29, 0.717) is 24.2 Å². The van der Waals surface area contributed by atoms with E-state index in [1.165, 1.54) is 5.56 Å². The van der Waals surface area contributed by atoms with Gasteiger partial charge in [0.15, 0.2) is 5.96 Å². The maximum absolute atomic E-state index is 12.0. The Morgan fingerprint density at radius 2 is 2.00 bits per heavy atom. The van der Waals surface area contributed by atoms with Crippen LogP contribution >= 0.6 is 0 Å². The lowest BCUT2D eigenvalue weighted by Crippen LogP contribution is -2.36. The van der Waals surface area contributed by atoms with Crippen molar-refractivity contribution < 1.29 is 17.8 Å². The number of guanidine groups is 1. The molecule has 1 aliphatic rings. The summed E-state index contributed by atoms with van der Waals surface area (Å²) in [7, 11) is -3.67. The van der Waals surface area contributed by atoms with Crippen molar-refractivity contribution in [3.05, 3.63) is 41.0 Å². The van der Waals surface area contributed by atoms with Crippen molar-refractivity contribution in [3.8, 4) is 0 Å².